The SMILES string of the molecule is CCCNCC(O)CN(CC)CC1CCCO1. The molecular formula is C13H28N2O2. The van der Waals surface area contributed by atoms with Crippen LogP contribution >= 0.6 is 0 Å². The molecule has 0 radical (unpaired) electrons. The first-order valence-electron chi connectivity index (χ1n) is 6.99. The summed E-state index contributed by atoms with van der Waals surface area (Å²) in [6, 6.07) is 0. The second-order valence-corrected chi connectivity index (χ2v) is 4.85. The first kappa shape index (κ1) is 14.9. The van der Waals surface area contributed by atoms with E-state index >= 15 is 0 Å². The normalized spacial score (nSPS) is 22.2. The van der Waals surface area contributed by atoms with Crippen LogP contribution in [0.1, 0.15) is 33.1 Å². The Morgan fingerprint density at radius 2 is 2.29 bits per heavy atom. The molecule has 102 valence electrons. The quantitative estimate of drug-likeness (QED) is 0.590. The zero-order valence-electron chi connectivity index (χ0n) is 11.3. The van der Waals surface area contributed by atoms with Crippen molar-refractivity contribution < 1.29 is 9.84 Å². The fourth-order valence-electron chi connectivity index (χ4n) is 2.22. The summed E-state index contributed by atoms with van der Waals surface area (Å²) in [5, 5.41) is 13.2. The van der Waals surface area contributed by atoms with Crippen LogP contribution in [0.4, 0.5) is 0 Å². The molecule has 0 bridgehead atoms. The molecule has 0 aromatic heterocycles. The van der Waals surface area contributed by atoms with E-state index in [-0.39, 0.29) is 6.10 Å². The third kappa shape index (κ3) is 6.36. The number of ether oxygens (including phenoxy) is 1. The van der Waals surface area contributed by atoms with Crippen LogP contribution in [-0.4, -0.2) is 61.5 Å². The maximum atomic E-state index is 9.91. The Labute approximate surface area is 105 Å². The van der Waals surface area contributed by atoms with Crippen LogP contribution in [0.2, 0.25) is 0 Å². The minimum absolute atomic E-state index is 0.275. The number of aliphatic hydroxyl groups excluding tert-OH is 1. The third-order valence-corrected chi connectivity index (χ3v) is 3.21. The van der Waals surface area contributed by atoms with Gasteiger partial charge in [0.05, 0.1) is 12.2 Å². The summed E-state index contributed by atoms with van der Waals surface area (Å²) in [5.41, 5.74) is 0. The van der Waals surface area contributed by atoms with Gasteiger partial charge >= 0.3 is 0 Å². The molecule has 0 aliphatic carbocycles. The van der Waals surface area contributed by atoms with Crippen molar-refractivity contribution >= 4 is 0 Å². The van der Waals surface area contributed by atoms with E-state index in [0.29, 0.717) is 12.6 Å². The summed E-state index contributed by atoms with van der Waals surface area (Å²) in [7, 11) is 0. The van der Waals surface area contributed by atoms with Gasteiger partial charge < -0.3 is 15.2 Å². The van der Waals surface area contributed by atoms with E-state index in [1.54, 1.807) is 0 Å². The maximum Gasteiger partial charge on any atom is 0.0791 e. The number of hydrogen-bond donors (Lipinski definition) is 2. The van der Waals surface area contributed by atoms with Crippen molar-refractivity contribution in [2.24, 2.45) is 0 Å². The summed E-state index contributed by atoms with van der Waals surface area (Å²) in [6.45, 7) is 9.53. The number of aliphatic hydroxyl groups is 1. The average molecular weight is 244 g/mol. The first-order chi connectivity index (χ1) is 8.26. The van der Waals surface area contributed by atoms with E-state index < -0.39 is 0 Å². The van der Waals surface area contributed by atoms with Gasteiger partial charge in [-0.2, -0.15) is 0 Å². The molecule has 0 aromatic rings. The van der Waals surface area contributed by atoms with Gasteiger partial charge in [0.25, 0.3) is 0 Å². The zero-order valence-corrected chi connectivity index (χ0v) is 11.3. The van der Waals surface area contributed by atoms with Gasteiger partial charge in [0, 0.05) is 26.2 Å². The second-order valence-electron chi connectivity index (χ2n) is 4.85. The van der Waals surface area contributed by atoms with Crippen LogP contribution in [-0.2, 0) is 4.74 Å². The van der Waals surface area contributed by atoms with Crippen molar-refractivity contribution in [2.75, 3.05) is 39.3 Å². The molecule has 4 heteroatoms. The Kier molecular flexibility index (Phi) is 7.77. The van der Waals surface area contributed by atoms with Crippen LogP contribution in [0.5, 0.6) is 0 Å². The monoisotopic (exact) mass is 244 g/mol. The summed E-state index contributed by atoms with van der Waals surface area (Å²) >= 11 is 0. The molecule has 4 nitrogen and oxygen atoms in total. The van der Waals surface area contributed by atoms with E-state index in [1.165, 1.54) is 12.8 Å². The van der Waals surface area contributed by atoms with Crippen molar-refractivity contribution in [1.82, 2.24) is 10.2 Å². The summed E-state index contributed by atoms with van der Waals surface area (Å²) in [6.07, 6.45) is 3.57. The fraction of sp³-hybridized carbons (Fsp3) is 1.00. The molecule has 17 heavy (non-hydrogen) atoms. The molecule has 0 aromatic carbocycles. The number of nitrogens with one attached hydrogen (secondary N) is 1. The van der Waals surface area contributed by atoms with Crippen LogP contribution in [0.25, 0.3) is 0 Å². The lowest BCUT2D eigenvalue weighted by Gasteiger charge is -2.26. The molecular weight excluding hydrogens is 216 g/mol. The van der Waals surface area contributed by atoms with Gasteiger partial charge in [0.15, 0.2) is 0 Å². The molecule has 1 aliphatic rings. The highest BCUT2D eigenvalue weighted by Gasteiger charge is 2.19. The topological polar surface area (TPSA) is 44.7 Å². The standard InChI is InChI=1S/C13H28N2O2/c1-3-7-14-9-12(16)10-15(4-2)11-13-6-5-8-17-13/h12-14,16H,3-11H2,1-2H3. The van der Waals surface area contributed by atoms with Crippen LogP contribution in [0, 0.1) is 0 Å². The number of rotatable bonds is 9. The molecule has 1 aliphatic heterocycles. The largest absolute Gasteiger partial charge is 0.390 e. The van der Waals surface area contributed by atoms with Gasteiger partial charge in [-0.25, -0.2) is 0 Å². The van der Waals surface area contributed by atoms with E-state index in [2.05, 4.69) is 24.1 Å². The highest BCUT2D eigenvalue weighted by atomic mass is 16.5. The van der Waals surface area contributed by atoms with Gasteiger partial charge in [-0.15, -0.1) is 0 Å². The molecule has 1 fully saturated rings. The van der Waals surface area contributed by atoms with E-state index in [1.807, 2.05) is 0 Å². The molecule has 1 saturated heterocycles. The van der Waals surface area contributed by atoms with Gasteiger partial charge in [-0.1, -0.05) is 13.8 Å². The molecule has 2 unspecified atom stereocenters. The van der Waals surface area contributed by atoms with Gasteiger partial charge in [-0.3, -0.25) is 4.90 Å². The number of likely N-dealkylation sites (N-methyl/N-ethyl adjacent to an activating group) is 1. The van der Waals surface area contributed by atoms with Gasteiger partial charge in [-0.05, 0) is 32.4 Å². The lowest BCUT2D eigenvalue weighted by atomic mass is 10.2. The number of hydrogen-bond acceptors (Lipinski definition) is 4. The Balaban J connectivity index is 2.15. The molecule has 0 spiro atoms. The van der Waals surface area contributed by atoms with E-state index in [4.69, 9.17) is 4.74 Å². The van der Waals surface area contributed by atoms with Crippen molar-refractivity contribution in [3.8, 4) is 0 Å². The smallest absolute Gasteiger partial charge is 0.0791 e. The van der Waals surface area contributed by atoms with Crippen molar-refractivity contribution in [2.45, 2.75) is 45.3 Å². The fourth-order valence-corrected chi connectivity index (χ4v) is 2.22. The molecule has 2 N–H and O–H groups in total. The highest BCUT2D eigenvalue weighted by molar-refractivity contribution is 4.73. The van der Waals surface area contributed by atoms with Gasteiger partial charge in [0.1, 0.15) is 0 Å². The Hall–Kier alpha value is -0.160. The van der Waals surface area contributed by atoms with Crippen LogP contribution in [0.3, 0.4) is 0 Å². The predicted molar refractivity (Wildman–Crippen MR) is 70.3 cm³/mol. The molecule has 0 amide bonds. The lowest BCUT2D eigenvalue weighted by molar-refractivity contribution is 0.0519. The van der Waals surface area contributed by atoms with Crippen molar-refractivity contribution in [3.05, 3.63) is 0 Å². The van der Waals surface area contributed by atoms with Crippen molar-refractivity contribution in [1.29, 1.82) is 0 Å². The minimum atomic E-state index is -0.275. The Bertz CT molecular complexity index is 184. The maximum absolute atomic E-state index is 9.91. The summed E-state index contributed by atoms with van der Waals surface area (Å²) < 4.78 is 5.63. The molecule has 1 heterocycles. The molecule has 1 rings (SSSR count). The average Bonchev–Trinajstić information content (AvgIpc) is 2.81. The Morgan fingerprint density at radius 1 is 1.47 bits per heavy atom. The van der Waals surface area contributed by atoms with Gasteiger partial charge in [0.2, 0.25) is 0 Å². The zero-order chi connectivity index (χ0) is 12.5. The molecule has 0 saturated carbocycles. The van der Waals surface area contributed by atoms with E-state index in [9.17, 15) is 5.11 Å². The lowest BCUT2D eigenvalue weighted by Crippen LogP contribution is -2.41. The van der Waals surface area contributed by atoms with Crippen LogP contribution in [0.15, 0.2) is 0 Å². The second kappa shape index (κ2) is 8.86. The summed E-state index contributed by atoms with van der Waals surface area (Å²) in [4.78, 5) is 2.29. The number of nitrogens with zero attached hydrogens (tertiary/aromatic N) is 1. The first-order valence-corrected chi connectivity index (χ1v) is 6.99. The minimum Gasteiger partial charge on any atom is -0.390 e. The van der Waals surface area contributed by atoms with Crippen molar-refractivity contribution in [3.63, 3.8) is 0 Å². The predicted octanol–water partition coefficient (Wildman–Crippen LogP) is 0.848. The third-order valence-electron chi connectivity index (χ3n) is 3.21. The summed E-state index contributed by atoms with van der Waals surface area (Å²) in [5.74, 6) is 0. The van der Waals surface area contributed by atoms with Crippen LogP contribution < -0.4 is 5.32 Å². The molecule has 2 atom stereocenters. The highest BCUT2D eigenvalue weighted by Crippen LogP contribution is 2.13. The Morgan fingerprint density at radius 3 is 2.88 bits per heavy atom. The van der Waals surface area contributed by atoms with E-state index in [0.717, 1.165) is 39.2 Å².